The summed E-state index contributed by atoms with van der Waals surface area (Å²) < 4.78 is 46.8. The van der Waals surface area contributed by atoms with Gasteiger partial charge >= 0.3 is 6.09 Å². The molecule has 1 atom stereocenters. The van der Waals surface area contributed by atoms with Crippen LogP contribution in [0.25, 0.3) is 0 Å². The molecule has 1 unspecified atom stereocenters. The number of nitrogens with zero attached hydrogens (tertiary/aromatic N) is 1. The van der Waals surface area contributed by atoms with Gasteiger partial charge in [0.2, 0.25) is 10.0 Å². The van der Waals surface area contributed by atoms with Gasteiger partial charge in [0, 0.05) is 13.1 Å². The maximum absolute atomic E-state index is 13.2. The standard InChI is InChI=1S/C20H22BrFN2O5S/c21-17-12-15(22)6-7-19(17)29-16-8-10-24(11-9-16)30(27,28)13-18(23-20(25)26)14-4-2-1-3-5-14/h1-7,12,16,18,23H,8-11,13H2,(H,25,26). The summed E-state index contributed by atoms with van der Waals surface area (Å²) in [6, 6.07) is 11.9. The summed E-state index contributed by atoms with van der Waals surface area (Å²) in [6.45, 7) is 0.529. The van der Waals surface area contributed by atoms with Crippen LogP contribution in [0.2, 0.25) is 0 Å². The minimum Gasteiger partial charge on any atom is -0.489 e. The number of hydrogen-bond acceptors (Lipinski definition) is 4. The molecule has 0 aliphatic carbocycles. The van der Waals surface area contributed by atoms with Crippen LogP contribution in [0.15, 0.2) is 53.0 Å². The van der Waals surface area contributed by atoms with Gasteiger partial charge in [-0.3, -0.25) is 0 Å². The van der Waals surface area contributed by atoms with Crippen molar-refractivity contribution in [1.82, 2.24) is 9.62 Å². The van der Waals surface area contributed by atoms with E-state index in [1.165, 1.54) is 22.5 Å². The number of hydrogen-bond donors (Lipinski definition) is 2. The van der Waals surface area contributed by atoms with Crippen LogP contribution in [-0.4, -0.2) is 48.9 Å². The fourth-order valence-electron chi connectivity index (χ4n) is 3.35. The van der Waals surface area contributed by atoms with Crippen molar-refractivity contribution in [3.63, 3.8) is 0 Å². The summed E-state index contributed by atoms with van der Waals surface area (Å²) in [5.41, 5.74) is 0.586. The van der Waals surface area contributed by atoms with Crippen LogP contribution in [0.3, 0.4) is 0 Å². The fourth-order valence-corrected chi connectivity index (χ4v) is 5.47. The highest BCUT2D eigenvalue weighted by Gasteiger charge is 2.32. The third-order valence-electron chi connectivity index (χ3n) is 4.86. The number of ether oxygens (including phenoxy) is 1. The molecule has 1 heterocycles. The molecule has 10 heteroatoms. The lowest BCUT2D eigenvalue weighted by Gasteiger charge is -2.32. The molecule has 30 heavy (non-hydrogen) atoms. The number of carboxylic acid groups (broad SMARTS) is 1. The lowest BCUT2D eigenvalue weighted by Crippen LogP contribution is -2.45. The second kappa shape index (κ2) is 9.76. The Morgan fingerprint density at radius 3 is 2.50 bits per heavy atom. The summed E-state index contributed by atoms with van der Waals surface area (Å²) >= 11 is 3.26. The van der Waals surface area contributed by atoms with Gasteiger partial charge in [-0.1, -0.05) is 30.3 Å². The van der Waals surface area contributed by atoms with Crippen LogP contribution in [-0.2, 0) is 10.0 Å². The first-order chi connectivity index (χ1) is 14.2. The Kier molecular flexibility index (Phi) is 7.32. The molecule has 1 aliphatic rings. The van der Waals surface area contributed by atoms with E-state index in [2.05, 4.69) is 21.2 Å². The van der Waals surface area contributed by atoms with E-state index in [1.54, 1.807) is 30.3 Å². The first kappa shape index (κ1) is 22.5. The average Bonchev–Trinajstić information content (AvgIpc) is 2.70. The molecule has 0 spiro atoms. The predicted molar refractivity (Wildman–Crippen MR) is 113 cm³/mol. The largest absolute Gasteiger partial charge is 0.489 e. The molecule has 0 bridgehead atoms. The summed E-state index contributed by atoms with van der Waals surface area (Å²) in [6.07, 6.45) is -0.520. The number of nitrogens with one attached hydrogen (secondary N) is 1. The van der Waals surface area contributed by atoms with E-state index in [4.69, 9.17) is 9.84 Å². The molecule has 2 N–H and O–H groups in total. The van der Waals surface area contributed by atoms with E-state index in [9.17, 15) is 17.6 Å². The second-order valence-corrected chi connectivity index (χ2v) is 9.85. The smallest absolute Gasteiger partial charge is 0.405 e. The van der Waals surface area contributed by atoms with Crippen LogP contribution in [0, 0.1) is 5.82 Å². The number of halogens is 2. The quantitative estimate of drug-likeness (QED) is 0.603. The maximum Gasteiger partial charge on any atom is 0.405 e. The molecule has 1 saturated heterocycles. The fraction of sp³-hybridized carbons (Fsp3) is 0.350. The third kappa shape index (κ3) is 5.93. The highest BCUT2D eigenvalue weighted by Crippen LogP contribution is 2.29. The number of sulfonamides is 1. The Morgan fingerprint density at radius 1 is 1.23 bits per heavy atom. The summed E-state index contributed by atoms with van der Waals surface area (Å²) in [5.74, 6) is -0.233. The number of amides is 1. The topological polar surface area (TPSA) is 95.9 Å². The molecule has 7 nitrogen and oxygen atoms in total. The lowest BCUT2D eigenvalue weighted by atomic mass is 10.1. The molecule has 162 valence electrons. The van der Waals surface area contributed by atoms with Crippen molar-refractivity contribution in [3.8, 4) is 5.75 Å². The minimum atomic E-state index is -3.69. The van der Waals surface area contributed by atoms with E-state index in [0.717, 1.165) is 0 Å². The van der Waals surface area contributed by atoms with Gasteiger partial charge in [0.25, 0.3) is 0 Å². The number of piperidine rings is 1. The van der Waals surface area contributed by atoms with Gasteiger partial charge in [0.05, 0.1) is 16.3 Å². The van der Waals surface area contributed by atoms with Crippen LogP contribution in [0.4, 0.5) is 9.18 Å². The summed E-state index contributed by atoms with van der Waals surface area (Å²) in [5, 5.41) is 11.4. The van der Waals surface area contributed by atoms with Crippen molar-refractivity contribution in [2.45, 2.75) is 25.0 Å². The Hall–Kier alpha value is -2.17. The van der Waals surface area contributed by atoms with Gasteiger partial charge in [-0.15, -0.1) is 0 Å². The summed E-state index contributed by atoms with van der Waals surface area (Å²) in [7, 11) is -3.69. The van der Waals surface area contributed by atoms with Gasteiger partial charge in [0.1, 0.15) is 17.7 Å². The SMILES string of the molecule is O=C(O)NC(CS(=O)(=O)N1CCC(Oc2ccc(F)cc2Br)CC1)c1ccccc1. The Labute approximate surface area is 183 Å². The van der Waals surface area contributed by atoms with Crippen molar-refractivity contribution in [1.29, 1.82) is 0 Å². The molecular formula is C20H22BrFN2O5S. The highest BCUT2D eigenvalue weighted by atomic mass is 79.9. The molecule has 0 radical (unpaired) electrons. The molecular weight excluding hydrogens is 479 g/mol. The van der Waals surface area contributed by atoms with Crippen LogP contribution in [0.1, 0.15) is 24.4 Å². The Morgan fingerprint density at radius 2 is 1.90 bits per heavy atom. The lowest BCUT2D eigenvalue weighted by molar-refractivity contribution is 0.134. The Balaban J connectivity index is 1.62. The first-order valence-corrected chi connectivity index (χ1v) is 11.8. The van der Waals surface area contributed by atoms with E-state index in [-0.39, 0.29) is 30.8 Å². The van der Waals surface area contributed by atoms with E-state index >= 15 is 0 Å². The third-order valence-corrected chi connectivity index (χ3v) is 7.39. The number of benzene rings is 2. The van der Waals surface area contributed by atoms with Gasteiger partial charge in [0.15, 0.2) is 0 Å². The molecule has 3 rings (SSSR count). The molecule has 1 aliphatic heterocycles. The van der Waals surface area contributed by atoms with E-state index in [0.29, 0.717) is 28.6 Å². The van der Waals surface area contributed by atoms with Crippen molar-refractivity contribution in [2.75, 3.05) is 18.8 Å². The van der Waals surface area contributed by atoms with Crippen LogP contribution >= 0.6 is 15.9 Å². The Bertz CT molecular complexity index is 982. The number of carbonyl (C=O) groups is 1. The van der Waals surface area contributed by atoms with E-state index < -0.39 is 22.2 Å². The maximum atomic E-state index is 13.2. The zero-order valence-electron chi connectivity index (χ0n) is 16.0. The monoisotopic (exact) mass is 500 g/mol. The number of rotatable bonds is 7. The van der Waals surface area contributed by atoms with Gasteiger partial charge < -0.3 is 15.2 Å². The van der Waals surface area contributed by atoms with Gasteiger partial charge in [-0.05, 0) is 52.5 Å². The average molecular weight is 501 g/mol. The molecule has 1 amide bonds. The van der Waals surface area contributed by atoms with Gasteiger partial charge in [-0.2, -0.15) is 0 Å². The van der Waals surface area contributed by atoms with Crippen LogP contribution < -0.4 is 10.1 Å². The predicted octanol–water partition coefficient (Wildman–Crippen LogP) is 3.77. The van der Waals surface area contributed by atoms with Crippen molar-refractivity contribution < 1.29 is 27.4 Å². The summed E-state index contributed by atoms with van der Waals surface area (Å²) in [4.78, 5) is 11.1. The zero-order valence-corrected chi connectivity index (χ0v) is 18.4. The zero-order chi connectivity index (χ0) is 21.7. The molecule has 0 saturated carbocycles. The van der Waals surface area contributed by atoms with E-state index in [1.807, 2.05) is 0 Å². The molecule has 2 aromatic carbocycles. The first-order valence-electron chi connectivity index (χ1n) is 9.38. The van der Waals surface area contributed by atoms with Gasteiger partial charge in [-0.25, -0.2) is 21.9 Å². The van der Waals surface area contributed by atoms with Crippen LogP contribution in [0.5, 0.6) is 5.75 Å². The molecule has 1 fully saturated rings. The van der Waals surface area contributed by atoms with Crippen molar-refractivity contribution >= 4 is 32.0 Å². The minimum absolute atomic E-state index is 0.194. The second-order valence-electron chi connectivity index (χ2n) is 6.98. The highest BCUT2D eigenvalue weighted by molar-refractivity contribution is 9.10. The molecule has 2 aromatic rings. The van der Waals surface area contributed by atoms with Crippen molar-refractivity contribution in [3.05, 3.63) is 64.4 Å². The van der Waals surface area contributed by atoms with Crippen molar-refractivity contribution in [2.24, 2.45) is 0 Å². The molecule has 0 aromatic heterocycles. The normalized spacial score (nSPS) is 16.7.